The molecule has 2 rings (SSSR count). The van der Waals surface area contributed by atoms with Crippen LogP contribution in [0.4, 0.5) is 0 Å². The van der Waals surface area contributed by atoms with Crippen molar-refractivity contribution in [2.24, 2.45) is 0 Å². The maximum Gasteiger partial charge on any atom is 0.281 e. The zero-order valence-electron chi connectivity index (χ0n) is 12.5. The Hall–Kier alpha value is -1.59. The lowest BCUT2D eigenvalue weighted by Crippen LogP contribution is -2.59. The quantitative estimate of drug-likeness (QED) is 0.831. The monoisotopic (exact) mass is 308 g/mol. The Balaban J connectivity index is 2.74. The summed E-state index contributed by atoms with van der Waals surface area (Å²) in [7, 11) is 0. The first-order chi connectivity index (χ1) is 10.1. The molecule has 0 aromatic carbocycles. The van der Waals surface area contributed by atoms with E-state index in [4.69, 9.17) is 11.6 Å². The average Bonchev–Trinajstić information content (AvgIpc) is 2.47. The lowest BCUT2D eigenvalue weighted by atomic mass is 10.3. The fraction of sp³-hybridized carbons (Fsp3) is 0.467. The SMILES string of the molecule is C=c1nc(CC)n(N2CCNCC2)c(=O)/c1=C(Cl)/C=C\C. The fourth-order valence-corrected chi connectivity index (χ4v) is 2.76. The second kappa shape index (κ2) is 6.91. The van der Waals surface area contributed by atoms with Gasteiger partial charge in [0, 0.05) is 32.6 Å². The molecule has 0 amide bonds. The van der Waals surface area contributed by atoms with Crippen LogP contribution >= 0.6 is 11.6 Å². The van der Waals surface area contributed by atoms with Crippen molar-refractivity contribution in [3.05, 3.63) is 38.9 Å². The van der Waals surface area contributed by atoms with Crippen molar-refractivity contribution in [3.63, 3.8) is 0 Å². The zero-order valence-corrected chi connectivity index (χ0v) is 13.3. The number of halogens is 1. The first kappa shape index (κ1) is 15.8. The zero-order chi connectivity index (χ0) is 15.4. The molecule has 0 radical (unpaired) electrons. The molecule has 0 aliphatic carbocycles. The number of nitrogens with zero attached hydrogens (tertiary/aromatic N) is 3. The Kier molecular flexibility index (Phi) is 5.20. The van der Waals surface area contributed by atoms with Crippen molar-refractivity contribution < 1.29 is 0 Å². The Morgan fingerprint density at radius 3 is 2.71 bits per heavy atom. The normalized spacial score (nSPS) is 17.4. The number of rotatable bonds is 3. The van der Waals surface area contributed by atoms with Crippen LogP contribution in [0, 0.1) is 0 Å². The van der Waals surface area contributed by atoms with E-state index in [2.05, 4.69) is 16.9 Å². The minimum atomic E-state index is -0.142. The van der Waals surface area contributed by atoms with E-state index in [-0.39, 0.29) is 5.56 Å². The molecule has 2 heterocycles. The Morgan fingerprint density at radius 1 is 1.48 bits per heavy atom. The number of hydrogen-bond donors (Lipinski definition) is 1. The van der Waals surface area contributed by atoms with Crippen LogP contribution in [0.15, 0.2) is 16.9 Å². The van der Waals surface area contributed by atoms with E-state index in [0.29, 0.717) is 22.0 Å². The molecule has 1 aromatic rings. The van der Waals surface area contributed by atoms with E-state index in [1.54, 1.807) is 16.8 Å². The van der Waals surface area contributed by atoms with Crippen molar-refractivity contribution in [2.45, 2.75) is 20.3 Å². The van der Waals surface area contributed by atoms with E-state index >= 15 is 0 Å². The maximum absolute atomic E-state index is 12.9. The van der Waals surface area contributed by atoms with Gasteiger partial charge in [0.05, 0.1) is 15.6 Å². The minimum absolute atomic E-state index is 0.142. The van der Waals surface area contributed by atoms with Crippen molar-refractivity contribution in [3.8, 4) is 0 Å². The third-order valence-electron chi connectivity index (χ3n) is 3.45. The largest absolute Gasteiger partial charge is 0.313 e. The first-order valence-corrected chi connectivity index (χ1v) is 7.57. The van der Waals surface area contributed by atoms with Crippen LogP contribution < -0.4 is 26.5 Å². The Bertz CT molecular complexity index is 702. The number of aryl methyl sites for hydroxylation is 1. The molecule has 1 aliphatic heterocycles. The van der Waals surface area contributed by atoms with E-state index in [9.17, 15) is 4.79 Å². The molecule has 114 valence electrons. The number of hydrogen-bond acceptors (Lipinski definition) is 4. The predicted molar refractivity (Wildman–Crippen MR) is 87.5 cm³/mol. The summed E-state index contributed by atoms with van der Waals surface area (Å²) in [6.45, 7) is 11.0. The second-order valence-electron chi connectivity index (χ2n) is 4.87. The van der Waals surface area contributed by atoms with Gasteiger partial charge in [-0.05, 0) is 13.0 Å². The van der Waals surface area contributed by atoms with E-state index < -0.39 is 0 Å². The smallest absolute Gasteiger partial charge is 0.281 e. The van der Waals surface area contributed by atoms with Gasteiger partial charge in [-0.25, -0.2) is 9.66 Å². The fourth-order valence-electron chi connectivity index (χ4n) is 2.45. The summed E-state index contributed by atoms with van der Waals surface area (Å²) in [6.07, 6.45) is 4.16. The van der Waals surface area contributed by atoms with Crippen molar-refractivity contribution >= 4 is 23.2 Å². The molecule has 21 heavy (non-hydrogen) atoms. The number of piperazine rings is 1. The van der Waals surface area contributed by atoms with E-state index in [0.717, 1.165) is 32.0 Å². The minimum Gasteiger partial charge on any atom is -0.313 e. The van der Waals surface area contributed by atoms with Crippen LogP contribution in [-0.4, -0.2) is 35.8 Å². The third-order valence-corrected chi connectivity index (χ3v) is 3.76. The van der Waals surface area contributed by atoms with Gasteiger partial charge in [0.15, 0.2) is 0 Å². The van der Waals surface area contributed by atoms with Gasteiger partial charge in [0.1, 0.15) is 5.82 Å². The summed E-state index contributed by atoms with van der Waals surface area (Å²) >= 11 is 6.23. The van der Waals surface area contributed by atoms with Crippen LogP contribution in [0.3, 0.4) is 0 Å². The maximum atomic E-state index is 12.9. The summed E-state index contributed by atoms with van der Waals surface area (Å²) in [5, 5.41) is 6.50. The predicted octanol–water partition coefficient (Wildman–Crippen LogP) is -0.320. The molecule has 0 atom stereocenters. The Morgan fingerprint density at radius 2 is 2.14 bits per heavy atom. The van der Waals surface area contributed by atoms with Gasteiger partial charge in [-0.15, -0.1) is 0 Å². The number of allylic oxidation sites excluding steroid dienone is 2. The molecule has 0 unspecified atom stereocenters. The highest BCUT2D eigenvalue weighted by Crippen LogP contribution is 2.00. The Labute approximate surface area is 129 Å². The van der Waals surface area contributed by atoms with Crippen molar-refractivity contribution in [1.82, 2.24) is 15.0 Å². The van der Waals surface area contributed by atoms with Gasteiger partial charge in [0.2, 0.25) is 0 Å². The van der Waals surface area contributed by atoms with E-state index in [1.807, 2.05) is 18.9 Å². The summed E-state index contributed by atoms with van der Waals surface area (Å²) in [5.41, 5.74) is -0.142. The van der Waals surface area contributed by atoms with Crippen LogP contribution in [0.1, 0.15) is 19.7 Å². The molecule has 1 N–H and O–H groups in total. The average molecular weight is 309 g/mol. The number of aromatic nitrogens is 2. The van der Waals surface area contributed by atoms with Gasteiger partial charge in [-0.2, -0.15) is 0 Å². The highest BCUT2D eigenvalue weighted by atomic mass is 35.5. The molecule has 0 spiro atoms. The third kappa shape index (κ3) is 3.19. The molecule has 1 fully saturated rings. The lowest BCUT2D eigenvalue weighted by Gasteiger charge is -2.31. The summed E-state index contributed by atoms with van der Waals surface area (Å²) in [4.78, 5) is 17.3. The lowest BCUT2D eigenvalue weighted by molar-refractivity contribution is 0.463. The molecule has 1 aliphatic rings. The van der Waals surface area contributed by atoms with Crippen LogP contribution in [-0.2, 0) is 6.42 Å². The summed E-state index contributed by atoms with van der Waals surface area (Å²) in [6, 6.07) is 0. The van der Waals surface area contributed by atoms with E-state index in [1.165, 1.54) is 0 Å². The molecule has 0 saturated carbocycles. The highest BCUT2D eigenvalue weighted by Gasteiger charge is 2.16. The van der Waals surface area contributed by atoms with Gasteiger partial charge in [-0.1, -0.05) is 31.2 Å². The topological polar surface area (TPSA) is 50.2 Å². The second-order valence-corrected chi connectivity index (χ2v) is 5.28. The summed E-state index contributed by atoms with van der Waals surface area (Å²) < 4.78 is 1.66. The number of nitrogens with one attached hydrogen (secondary N) is 1. The van der Waals surface area contributed by atoms with Crippen LogP contribution in [0.25, 0.3) is 11.6 Å². The molecule has 0 bridgehead atoms. The molecular weight excluding hydrogens is 288 g/mol. The van der Waals surface area contributed by atoms with Gasteiger partial charge >= 0.3 is 0 Å². The van der Waals surface area contributed by atoms with Crippen molar-refractivity contribution in [1.29, 1.82) is 0 Å². The molecule has 5 nitrogen and oxygen atoms in total. The van der Waals surface area contributed by atoms with Gasteiger partial charge < -0.3 is 10.3 Å². The molecule has 6 heteroatoms. The standard InChI is InChI=1S/C15H21ClN4O/c1-4-6-12(16)14-11(3)18-13(5-2)20(15(14)21)19-9-7-17-8-10-19/h4,6,17H,3,5,7-10H2,1-2H3/b6-4-,14-12-. The van der Waals surface area contributed by atoms with Gasteiger partial charge in [-0.3, -0.25) is 4.79 Å². The van der Waals surface area contributed by atoms with Crippen LogP contribution in [0.2, 0.25) is 0 Å². The van der Waals surface area contributed by atoms with Gasteiger partial charge in [0.25, 0.3) is 5.56 Å². The molecule has 1 aromatic heterocycles. The summed E-state index contributed by atoms with van der Waals surface area (Å²) in [5.74, 6) is 0.723. The molecule has 1 saturated heterocycles. The van der Waals surface area contributed by atoms with Crippen molar-refractivity contribution in [2.75, 3.05) is 31.2 Å². The molecular formula is C15H21ClN4O. The van der Waals surface area contributed by atoms with Crippen LogP contribution in [0.5, 0.6) is 0 Å². The first-order valence-electron chi connectivity index (χ1n) is 7.19. The highest BCUT2D eigenvalue weighted by molar-refractivity contribution is 6.47.